The number of amides is 1. The van der Waals surface area contributed by atoms with E-state index < -0.39 is 17.9 Å². The van der Waals surface area contributed by atoms with Gasteiger partial charge in [-0.1, -0.05) is 13.3 Å². The number of nitrogens with two attached hydrogens (primary N) is 1. The minimum Gasteiger partial charge on any atom is -0.480 e. The van der Waals surface area contributed by atoms with E-state index >= 15 is 0 Å². The lowest BCUT2D eigenvalue weighted by atomic mass is 10.1. The van der Waals surface area contributed by atoms with Crippen molar-refractivity contribution in [2.75, 3.05) is 13.6 Å². The number of likely N-dealkylation sites (N-methyl/N-ethyl adjacent to an activating group) is 1. The summed E-state index contributed by atoms with van der Waals surface area (Å²) in [6.07, 6.45) is 1.29. The first-order chi connectivity index (χ1) is 5.99. The van der Waals surface area contributed by atoms with Gasteiger partial charge in [-0.15, -0.1) is 0 Å². The average Bonchev–Trinajstić information content (AvgIpc) is 1.97. The monoisotopic (exact) mass is 188 g/mol. The summed E-state index contributed by atoms with van der Waals surface area (Å²) in [5, 5.41) is 8.79. The summed E-state index contributed by atoms with van der Waals surface area (Å²) >= 11 is 0. The summed E-state index contributed by atoms with van der Waals surface area (Å²) < 4.78 is 0. The lowest BCUT2D eigenvalue weighted by Crippen LogP contribution is -2.42. The van der Waals surface area contributed by atoms with Crippen LogP contribution in [0.15, 0.2) is 0 Å². The van der Waals surface area contributed by atoms with E-state index in [1.54, 1.807) is 7.05 Å². The second-order valence-electron chi connectivity index (χ2n) is 3.02. The van der Waals surface area contributed by atoms with Gasteiger partial charge in [0, 0.05) is 0 Å². The predicted molar refractivity (Wildman–Crippen MR) is 48.2 cm³/mol. The fourth-order valence-electron chi connectivity index (χ4n) is 1.16. The number of carbonyl (C=O) groups is 2. The Morgan fingerprint density at radius 1 is 1.54 bits per heavy atom. The topological polar surface area (TPSA) is 83.6 Å². The maximum atomic E-state index is 10.7. The van der Waals surface area contributed by atoms with E-state index in [1.165, 1.54) is 4.90 Å². The molecule has 13 heavy (non-hydrogen) atoms. The van der Waals surface area contributed by atoms with Gasteiger partial charge < -0.3 is 10.8 Å². The van der Waals surface area contributed by atoms with Crippen molar-refractivity contribution in [2.24, 2.45) is 5.73 Å². The maximum Gasteiger partial charge on any atom is 0.320 e. The van der Waals surface area contributed by atoms with Crippen molar-refractivity contribution in [3.8, 4) is 0 Å². The number of nitrogens with zero attached hydrogens (tertiary/aromatic N) is 1. The van der Waals surface area contributed by atoms with Gasteiger partial charge in [-0.05, 0) is 13.5 Å². The quantitative estimate of drug-likeness (QED) is 0.597. The van der Waals surface area contributed by atoms with Crippen molar-refractivity contribution in [1.29, 1.82) is 0 Å². The van der Waals surface area contributed by atoms with Crippen molar-refractivity contribution in [2.45, 2.75) is 25.8 Å². The Kier molecular flexibility index (Phi) is 5.06. The lowest BCUT2D eigenvalue weighted by molar-refractivity contribution is -0.143. The first-order valence-electron chi connectivity index (χ1n) is 4.20. The Labute approximate surface area is 77.5 Å². The van der Waals surface area contributed by atoms with Gasteiger partial charge in [-0.25, -0.2) is 0 Å². The van der Waals surface area contributed by atoms with Crippen LogP contribution in [0.25, 0.3) is 0 Å². The number of primary amides is 1. The number of carboxylic acids is 1. The molecular formula is C8H16N2O3. The molecule has 0 spiro atoms. The summed E-state index contributed by atoms with van der Waals surface area (Å²) in [5.74, 6) is -1.42. The third-order valence-corrected chi connectivity index (χ3v) is 1.78. The Balaban J connectivity index is 4.18. The number of hydrogen-bond donors (Lipinski definition) is 2. The minimum atomic E-state index is -0.911. The van der Waals surface area contributed by atoms with Crippen LogP contribution in [0.5, 0.6) is 0 Å². The Morgan fingerprint density at radius 2 is 2.08 bits per heavy atom. The van der Waals surface area contributed by atoms with E-state index in [9.17, 15) is 9.59 Å². The van der Waals surface area contributed by atoms with Crippen molar-refractivity contribution in [3.63, 3.8) is 0 Å². The molecule has 5 nitrogen and oxygen atoms in total. The van der Waals surface area contributed by atoms with E-state index in [-0.39, 0.29) is 6.54 Å². The molecule has 0 aromatic rings. The largest absolute Gasteiger partial charge is 0.480 e. The van der Waals surface area contributed by atoms with Crippen LogP contribution in [0.2, 0.25) is 0 Å². The van der Waals surface area contributed by atoms with Crippen molar-refractivity contribution < 1.29 is 14.7 Å². The molecule has 3 N–H and O–H groups in total. The Bertz CT molecular complexity index is 194. The predicted octanol–water partition coefficient (Wildman–Crippen LogP) is -0.343. The highest BCUT2D eigenvalue weighted by Gasteiger charge is 2.22. The number of hydrogen-bond acceptors (Lipinski definition) is 3. The van der Waals surface area contributed by atoms with Gasteiger partial charge in [0.1, 0.15) is 6.04 Å². The highest BCUT2D eigenvalue weighted by Crippen LogP contribution is 2.04. The molecule has 0 aromatic carbocycles. The summed E-state index contributed by atoms with van der Waals surface area (Å²) in [4.78, 5) is 22.7. The second-order valence-corrected chi connectivity index (χ2v) is 3.02. The third kappa shape index (κ3) is 4.47. The summed E-state index contributed by atoms with van der Waals surface area (Å²) in [7, 11) is 1.58. The fraction of sp³-hybridized carbons (Fsp3) is 0.750. The molecule has 0 saturated carbocycles. The molecule has 0 fully saturated rings. The molecule has 0 aliphatic carbocycles. The van der Waals surface area contributed by atoms with Crippen LogP contribution in [0.4, 0.5) is 0 Å². The molecule has 5 heteroatoms. The van der Waals surface area contributed by atoms with Gasteiger partial charge in [0.25, 0.3) is 0 Å². The molecule has 0 radical (unpaired) electrons. The second kappa shape index (κ2) is 5.53. The van der Waals surface area contributed by atoms with E-state index in [0.29, 0.717) is 6.42 Å². The molecule has 0 bridgehead atoms. The van der Waals surface area contributed by atoms with Crippen LogP contribution in [0.1, 0.15) is 19.8 Å². The highest BCUT2D eigenvalue weighted by molar-refractivity contribution is 5.78. The van der Waals surface area contributed by atoms with Crippen LogP contribution in [0.3, 0.4) is 0 Å². The lowest BCUT2D eigenvalue weighted by Gasteiger charge is -2.22. The molecular weight excluding hydrogens is 172 g/mol. The van der Waals surface area contributed by atoms with Gasteiger partial charge in [-0.2, -0.15) is 0 Å². The Morgan fingerprint density at radius 3 is 2.38 bits per heavy atom. The van der Waals surface area contributed by atoms with E-state index in [0.717, 1.165) is 6.42 Å². The first kappa shape index (κ1) is 11.9. The van der Waals surface area contributed by atoms with Gasteiger partial charge in [-0.3, -0.25) is 14.5 Å². The van der Waals surface area contributed by atoms with Gasteiger partial charge >= 0.3 is 5.97 Å². The normalized spacial score (nSPS) is 12.8. The number of rotatable bonds is 6. The molecule has 0 heterocycles. The molecule has 1 unspecified atom stereocenters. The van der Waals surface area contributed by atoms with Crippen LogP contribution in [-0.2, 0) is 9.59 Å². The molecule has 76 valence electrons. The third-order valence-electron chi connectivity index (χ3n) is 1.78. The smallest absolute Gasteiger partial charge is 0.320 e. The number of carbonyl (C=O) groups excluding carboxylic acids is 1. The van der Waals surface area contributed by atoms with E-state index in [4.69, 9.17) is 10.8 Å². The molecule has 1 atom stereocenters. The summed E-state index contributed by atoms with van der Waals surface area (Å²) in [6.45, 7) is 1.88. The van der Waals surface area contributed by atoms with Crippen LogP contribution in [0, 0.1) is 0 Å². The van der Waals surface area contributed by atoms with Gasteiger partial charge in [0.2, 0.25) is 5.91 Å². The molecule has 0 aliphatic rings. The van der Waals surface area contributed by atoms with Crippen molar-refractivity contribution >= 4 is 11.9 Å². The van der Waals surface area contributed by atoms with Crippen LogP contribution >= 0.6 is 0 Å². The number of carboxylic acid groups (broad SMARTS) is 1. The molecule has 0 aliphatic heterocycles. The maximum absolute atomic E-state index is 10.7. The minimum absolute atomic E-state index is 0.0169. The standard InChI is InChI=1S/C8H16N2O3/c1-3-4-6(8(12)13)10(2)5-7(9)11/h6H,3-5H2,1-2H3,(H2,9,11)(H,12,13). The molecule has 0 saturated heterocycles. The van der Waals surface area contributed by atoms with Gasteiger partial charge in [0.05, 0.1) is 6.54 Å². The summed E-state index contributed by atoms with van der Waals surface area (Å²) in [5.41, 5.74) is 4.95. The first-order valence-corrected chi connectivity index (χ1v) is 4.20. The summed E-state index contributed by atoms with van der Waals surface area (Å²) in [6, 6.07) is -0.613. The van der Waals surface area contributed by atoms with Crippen LogP contribution in [-0.4, -0.2) is 41.5 Å². The number of aliphatic carboxylic acids is 1. The SMILES string of the molecule is CCCC(C(=O)O)N(C)CC(N)=O. The van der Waals surface area contributed by atoms with Crippen LogP contribution < -0.4 is 5.73 Å². The highest BCUT2D eigenvalue weighted by atomic mass is 16.4. The van der Waals surface area contributed by atoms with E-state index in [1.807, 2.05) is 6.92 Å². The molecule has 0 rings (SSSR count). The van der Waals surface area contributed by atoms with Crippen molar-refractivity contribution in [3.05, 3.63) is 0 Å². The zero-order chi connectivity index (χ0) is 10.4. The van der Waals surface area contributed by atoms with Crippen molar-refractivity contribution in [1.82, 2.24) is 4.90 Å². The zero-order valence-corrected chi connectivity index (χ0v) is 7.99. The fourth-order valence-corrected chi connectivity index (χ4v) is 1.16. The Hall–Kier alpha value is -1.10. The molecule has 0 aromatic heterocycles. The van der Waals surface area contributed by atoms with E-state index in [2.05, 4.69) is 0 Å². The van der Waals surface area contributed by atoms with Gasteiger partial charge in [0.15, 0.2) is 0 Å². The average molecular weight is 188 g/mol. The zero-order valence-electron chi connectivity index (χ0n) is 7.99. The molecule has 1 amide bonds.